The van der Waals surface area contributed by atoms with Crippen molar-refractivity contribution in [3.63, 3.8) is 0 Å². The van der Waals surface area contributed by atoms with Crippen molar-refractivity contribution in [2.45, 2.75) is 59.2 Å². The highest BCUT2D eigenvalue weighted by Crippen LogP contribution is 2.01. The molecule has 0 bridgehead atoms. The van der Waals surface area contributed by atoms with Crippen molar-refractivity contribution in [3.8, 4) is 0 Å². The second-order valence-electron chi connectivity index (χ2n) is 7.52. The van der Waals surface area contributed by atoms with Crippen LogP contribution in [-0.2, 0) is 43.5 Å². The van der Waals surface area contributed by atoms with E-state index in [1.54, 1.807) is 0 Å². The number of nitrogens with zero attached hydrogens (tertiary/aromatic N) is 4. The Morgan fingerprint density at radius 1 is 0.765 bits per heavy atom. The van der Waals surface area contributed by atoms with E-state index in [9.17, 15) is 28.8 Å². The van der Waals surface area contributed by atoms with E-state index in [-0.39, 0.29) is 44.0 Å². The number of unbranched alkanes of at least 4 members (excludes halogenated alkanes) is 3. The first kappa shape index (κ1) is 28.2. The number of carbonyl (C=O) groups is 2. The van der Waals surface area contributed by atoms with Crippen LogP contribution in [0.25, 0.3) is 0 Å². The molecule has 1 aromatic rings. The average Bonchev–Trinajstić information content (AvgIpc) is 2.79. The lowest BCUT2D eigenvalue weighted by Gasteiger charge is -2.14. The van der Waals surface area contributed by atoms with Crippen molar-refractivity contribution in [1.82, 2.24) is 13.7 Å². The van der Waals surface area contributed by atoms with Crippen LogP contribution in [0, 0.1) is 0 Å². The lowest BCUT2D eigenvalue weighted by Crippen LogP contribution is -2.55. The first-order valence-electron chi connectivity index (χ1n) is 10.7. The van der Waals surface area contributed by atoms with Crippen molar-refractivity contribution in [3.05, 3.63) is 55.8 Å². The molecule has 0 radical (unpaired) electrons. The van der Waals surface area contributed by atoms with Gasteiger partial charge in [0.15, 0.2) is 0 Å². The number of hydrogen-bond acceptors (Lipinski definition) is 9. The highest BCUT2D eigenvalue weighted by Gasteiger charge is 2.16. The first-order valence-corrected chi connectivity index (χ1v) is 10.7. The zero-order chi connectivity index (χ0) is 25.7. The normalized spacial score (nSPS) is 10.3. The Hall–Kier alpha value is -3.79. The smallest absolute Gasteiger partial charge is 0.336 e. The van der Waals surface area contributed by atoms with Gasteiger partial charge >= 0.3 is 29.0 Å². The van der Waals surface area contributed by atoms with Gasteiger partial charge in [-0.25, -0.2) is 47.5 Å². The molecular formula is C22H30N4O8. The van der Waals surface area contributed by atoms with Gasteiger partial charge in [-0.05, 0) is 26.7 Å². The van der Waals surface area contributed by atoms with E-state index < -0.39 is 29.0 Å². The monoisotopic (exact) mass is 478 g/mol. The molecule has 1 aromatic heterocycles. The van der Waals surface area contributed by atoms with Gasteiger partial charge in [0.25, 0.3) is 0 Å². The van der Waals surface area contributed by atoms with E-state index in [1.165, 1.54) is 19.9 Å². The Morgan fingerprint density at radius 3 is 1.59 bits per heavy atom. The van der Waals surface area contributed by atoms with E-state index >= 15 is 0 Å². The van der Waals surface area contributed by atoms with Gasteiger partial charge in [-0.1, -0.05) is 26.0 Å². The predicted octanol–water partition coefficient (Wildman–Crippen LogP) is 0.307. The Kier molecular flexibility index (Phi) is 11.9. The van der Waals surface area contributed by atoms with Gasteiger partial charge < -0.3 is 9.47 Å². The van der Waals surface area contributed by atoms with E-state index in [4.69, 9.17) is 9.47 Å². The van der Waals surface area contributed by atoms with Crippen molar-refractivity contribution in [2.24, 2.45) is 4.99 Å². The zero-order valence-electron chi connectivity index (χ0n) is 19.5. The molecule has 0 aliphatic heterocycles. The van der Waals surface area contributed by atoms with Crippen LogP contribution in [0.15, 0.2) is 43.7 Å². The summed E-state index contributed by atoms with van der Waals surface area (Å²) in [5.41, 5.74) is -2.25. The minimum absolute atomic E-state index is 0.0476. The fourth-order valence-electron chi connectivity index (χ4n) is 2.82. The fourth-order valence-corrected chi connectivity index (χ4v) is 2.82. The number of aliphatic imine (C=N–C) groups is 1. The summed E-state index contributed by atoms with van der Waals surface area (Å²) in [6, 6.07) is 0. The number of hydrogen-bond donors (Lipinski definition) is 0. The summed E-state index contributed by atoms with van der Waals surface area (Å²) < 4.78 is 12.4. The number of aromatic nitrogens is 3. The lowest BCUT2D eigenvalue weighted by molar-refractivity contribution is -0.140. The summed E-state index contributed by atoms with van der Waals surface area (Å²) in [6.45, 7) is 9.13. The standard InChI is InChI=1S/C22H30N4O8/c1-16(2)18(28)33-13-11-25-20(30)24(10-8-6-5-7-9-23-15-27)21(31)26(22(25)32)12-14-34-19(29)17(3)4/h1,3,5-14H2,2,4H3. The van der Waals surface area contributed by atoms with E-state index in [2.05, 4.69) is 18.2 Å². The van der Waals surface area contributed by atoms with E-state index in [0.717, 1.165) is 20.1 Å². The summed E-state index contributed by atoms with van der Waals surface area (Å²) in [5, 5.41) is 0. The summed E-state index contributed by atoms with van der Waals surface area (Å²) in [4.78, 5) is 75.2. The molecule has 34 heavy (non-hydrogen) atoms. The molecule has 12 nitrogen and oxygen atoms in total. The summed E-state index contributed by atoms with van der Waals surface area (Å²) in [6.07, 6.45) is 3.97. The maximum absolute atomic E-state index is 12.8. The Labute approximate surface area is 195 Å². The molecule has 0 aliphatic rings. The quantitative estimate of drug-likeness (QED) is 0.115. The number of rotatable bonds is 15. The van der Waals surface area contributed by atoms with Gasteiger partial charge in [-0.3, -0.25) is 0 Å². The van der Waals surface area contributed by atoms with Crippen LogP contribution in [0.4, 0.5) is 0 Å². The van der Waals surface area contributed by atoms with Gasteiger partial charge in [0, 0.05) is 17.7 Å². The fraction of sp³-hybridized carbons (Fsp3) is 0.545. The van der Waals surface area contributed by atoms with Crippen LogP contribution >= 0.6 is 0 Å². The summed E-state index contributed by atoms with van der Waals surface area (Å²) in [7, 11) is 0. The second-order valence-corrected chi connectivity index (χ2v) is 7.52. The molecule has 1 heterocycles. The molecule has 12 heteroatoms. The van der Waals surface area contributed by atoms with Gasteiger partial charge in [-0.2, -0.15) is 0 Å². The molecule has 0 aromatic carbocycles. The molecule has 1 rings (SSSR count). The Bertz CT molecular complexity index is 1060. The van der Waals surface area contributed by atoms with Gasteiger partial charge in [0.05, 0.1) is 19.6 Å². The third kappa shape index (κ3) is 8.62. The van der Waals surface area contributed by atoms with Crippen LogP contribution in [0.3, 0.4) is 0 Å². The van der Waals surface area contributed by atoms with Gasteiger partial charge in [0.1, 0.15) is 13.2 Å². The SMILES string of the molecule is C=C(C)C(=O)OCCn1c(=O)n(CCCCCCN=C=O)c(=O)n(CCOC(=O)C(=C)C)c1=O. The lowest BCUT2D eigenvalue weighted by atomic mass is 10.2. The number of isocyanates is 1. The van der Waals surface area contributed by atoms with Crippen LogP contribution in [-0.4, -0.2) is 51.5 Å². The molecular weight excluding hydrogens is 448 g/mol. The van der Waals surface area contributed by atoms with Crippen molar-refractivity contribution in [2.75, 3.05) is 19.8 Å². The molecule has 0 atom stereocenters. The molecule has 0 fully saturated rings. The molecule has 0 unspecified atom stereocenters. The van der Waals surface area contributed by atoms with E-state index in [0.29, 0.717) is 25.8 Å². The Balaban J connectivity index is 3.10. The van der Waals surface area contributed by atoms with Crippen LogP contribution in [0.2, 0.25) is 0 Å². The maximum atomic E-state index is 12.8. The predicted molar refractivity (Wildman–Crippen MR) is 122 cm³/mol. The van der Waals surface area contributed by atoms with Crippen molar-refractivity contribution >= 4 is 18.0 Å². The highest BCUT2D eigenvalue weighted by atomic mass is 16.5. The third-order valence-electron chi connectivity index (χ3n) is 4.64. The molecule has 0 saturated carbocycles. The van der Waals surface area contributed by atoms with Crippen LogP contribution in [0.5, 0.6) is 0 Å². The maximum Gasteiger partial charge on any atom is 0.336 e. The van der Waals surface area contributed by atoms with Crippen molar-refractivity contribution in [1.29, 1.82) is 0 Å². The largest absolute Gasteiger partial charge is 0.460 e. The van der Waals surface area contributed by atoms with Gasteiger partial charge in [0.2, 0.25) is 6.08 Å². The number of carbonyl (C=O) groups excluding carboxylic acids is 3. The van der Waals surface area contributed by atoms with E-state index in [1.807, 2.05) is 0 Å². The molecule has 0 aliphatic carbocycles. The average molecular weight is 479 g/mol. The minimum atomic E-state index is -0.907. The Morgan fingerprint density at radius 2 is 1.18 bits per heavy atom. The highest BCUT2D eigenvalue weighted by molar-refractivity contribution is 5.87. The van der Waals surface area contributed by atoms with Crippen LogP contribution in [0.1, 0.15) is 39.5 Å². The molecule has 0 saturated heterocycles. The first-order chi connectivity index (χ1) is 16.1. The van der Waals surface area contributed by atoms with Gasteiger partial charge in [-0.15, -0.1) is 0 Å². The summed E-state index contributed by atoms with van der Waals surface area (Å²) >= 11 is 0. The zero-order valence-corrected chi connectivity index (χ0v) is 19.5. The van der Waals surface area contributed by atoms with Crippen LogP contribution < -0.4 is 17.1 Å². The topological polar surface area (TPSA) is 148 Å². The minimum Gasteiger partial charge on any atom is -0.460 e. The molecule has 0 N–H and O–H groups in total. The van der Waals surface area contributed by atoms with Crippen molar-refractivity contribution < 1.29 is 23.9 Å². The number of esters is 2. The summed E-state index contributed by atoms with van der Waals surface area (Å²) in [5.74, 6) is -1.35. The second kappa shape index (κ2) is 14.4. The third-order valence-corrected chi connectivity index (χ3v) is 4.64. The number of ether oxygens (including phenoxy) is 2. The molecule has 186 valence electrons. The molecule has 0 amide bonds. The molecule has 0 spiro atoms.